The maximum absolute atomic E-state index is 12.8. The van der Waals surface area contributed by atoms with Crippen molar-refractivity contribution in [3.05, 3.63) is 57.6 Å². The fraction of sp³-hybridized carbons (Fsp3) is 0.381. The van der Waals surface area contributed by atoms with Crippen LogP contribution in [0.1, 0.15) is 24.5 Å². The number of sulfonamides is 1. The molecule has 0 radical (unpaired) electrons. The number of aryl methyl sites for hydroxylation is 2. The molecule has 2 aromatic carbocycles. The summed E-state index contributed by atoms with van der Waals surface area (Å²) in [6.07, 6.45) is 1.28. The van der Waals surface area contributed by atoms with Crippen LogP contribution in [0.2, 0.25) is 10.0 Å². The van der Waals surface area contributed by atoms with Crippen LogP contribution in [0.3, 0.4) is 0 Å². The molecule has 1 amide bonds. The van der Waals surface area contributed by atoms with E-state index in [0.29, 0.717) is 5.02 Å². The summed E-state index contributed by atoms with van der Waals surface area (Å²) in [6, 6.07) is 9.41. The minimum Gasteiger partial charge on any atom is -0.491 e. The molecule has 0 fully saturated rings. The fourth-order valence-corrected chi connectivity index (χ4v) is 4.65. The van der Waals surface area contributed by atoms with Gasteiger partial charge in [-0.2, -0.15) is 0 Å². The second-order valence-corrected chi connectivity index (χ2v) is 9.69. The smallest absolute Gasteiger partial charge is 0.244 e. The first-order valence-corrected chi connectivity index (χ1v) is 12.1. The minimum absolute atomic E-state index is 0.167. The Morgan fingerprint density at radius 3 is 2.50 bits per heavy atom. The van der Waals surface area contributed by atoms with Crippen LogP contribution in [0.5, 0.6) is 5.75 Å². The van der Waals surface area contributed by atoms with Crippen LogP contribution in [0.4, 0.5) is 5.69 Å². The summed E-state index contributed by atoms with van der Waals surface area (Å²) in [6.45, 7) is 6.13. The average molecular weight is 473 g/mol. The van der Waals surface area contributed by atoms with Crippen molar-refractivity contribution in [3.8, 4) is 5.75 Å². The number of halogens is 2. The van der Waals surface area contributed by atoms with Crippen molar-refractivity contribution in [3.63, 3.8) is 0 Å². The van der Waals surface area contributed by atoms with E-state index in [2.05, 4.69) is 5.32 Å². The number of ether oxygens (including phenoxy) is 1. The van der Waals surface area contributed by atoms with E-state index < -0.39 is 22.0 Å². The Labute approximate surface area is 188 Å². The molecule has 2 aromatic rings. The van der Waals surface area contributed by atoms with E-state index in [1.165, 1.54) is 12.1 Å². The van der Waals surface area contributed by atoms with Gasteiger partial charge in [-0.15, -0.1) is 0 Å². The molecule has 0 aromatic heterocycles. The molecule has 0 spiro atoms. The van der Waals surface area contributed by atoms with E-state index in [0.717, 1.165) is 27.4 Å². The van der Waals surface area contributed by atoms with Crippen LogP contribution < -0.4 is 14.4 Å². The Morgan fingerprint density at radius 1 is 1.17 bits per heavy atom. The topological polar surface area (TPSA) is 75.7 Å². The van der Waals surface area contributed by atoms with Crippen molar-refractivity contribution in [1.29, 1.82) is 0 Å². The molecule has 0 aliphatic rings. The highest BCUT2D eigenvalue weighted by molar-refractivity contribution is 7.92. The van der Waals surface area contributed by atoms with Crippen LogP contribution in [0.15, 0.2) is 36.4 Å². The van der Waals surface area contributed by atoms with Gasteiger partial charge < -0.3 is 10.1 Å². The fourth-order valence-electron chi connectivity index (χ4n) is 3.01. The number of hydrogen-bond donors (Lipinski definition) is 1. The first-order chi connectivity index (χ1) is 14.0. The number of carbonyl (C=O) groups is 1. The molecule has 0 heterocycles. The monoisotopic (exact) mass is 472 g/mol. The lowest BCUT2D eigenvalue weighted by Gasteiger charge is -2.30. The second kappa shape index (κ2) is 10.4. The van der Waals surface area contributed by atoms with Gasteiger partial charge in [0.1, 0.15) is 18.4 Å². The molecule has 30 heavy (non-hydrogen) atoms. The number of benzene rings is 2. The summed E-state index contributed by atoms with van der Waals surface area (Å²) in [4.78, 5) is 12.8. The zero-order valence-corrected chi connectivity index (χ0v) is 19.7. The Bertz CT molecular complexity index is 1010. The molecule has 0 aliphatic carbocycles. The third-order valence-electron chi connectivity index (χ3n) is 4.48. The lowest BCUT2D eigenvalue weighted by atomic mass is 10.1. The Balaban J connectivity index is 2.12. The molecule has 9 heteroatoms. The molecule has 6 nitrogen and oxygen atoms in total. The quantitative estimate of drug-likeness (QED) is 0.550. The molecule has 164 valence electrons. The average Bonchev–Trinajstić information content (AvgIpc) is 2.66. The van der Waals surface area contributed by atoms with Crippen molar-refractivity contribution in [1.82, 2.24) is 5.32 Å². The van der Waals surface area contributed by atoms with Gasteiger partial charge in [-0.05, 0) is 55.7 Å². The Kier molecular flexibility index (Phi) is 8.41. The van der Waals surface area contributed by atoms with Crippen LogP contribution in [-0.4, -0.2) is 39.8 Å². The zero-order chi connectivity index (χ0) is 22.5. The van der Waals surface area contributed by atoms with Crippen LogP contribution in [0.25, 0.3) is 0 Å². The van der Waals surface area contributed by atoms with Crippen LogP contribution in [-0.2, 0) is 14.8 Å². The summed E-state index contributed by atoms with van der Waals surface area (Å²) >= 11 is 12.2. The van der Waals surface area contributed by atoms with Gasteiger partial charge >= 0.3 is 0 Å². The van der Waals surface area contributed by atoms with Gasteiger partial charge in [0.25, 0.3) is 0 Å². The summed E-state index contributed by atoms with van der Waals surface area (Å²) in [5.74, 6) is 0.309. The van der Waals surface area contributed by atoms with Gasteiger partial charge in [-0.1, -0.05) is 42.3 Å². The lowest BCUT2D eigenvalue weighted by molar-refractivity contribution is -0.122. The number of carbonyl (C=O) groups excluding carboxylic acids is 1. The van der Waals surface area contributed by atoms with Gasteiger partial charge in [0.15, 0.2) is 0 Å². The van der Waals surface area contributed by atoms with Crippen molar-refractivity contribution in [2.24, 2.45) is 0 Å². The van der Waals surface area contributed by atoms with Gasteiger partial charge in [0, 0.05) is 5.02 Å². The van der Waals surface area contributed by atoms with E-state index in [1.807, 2.05) is 32.0 Å². The third-order valence-corrected chi connectivity index (χ3v) is 6.20. The van der Waals surface area contributed by atoms with Gasteiger partial charge in [0.2, 0.25) is 15.9 Å². The summed E-state index contributed by atoms with van der Waals surface area (Å²) in [7, 11) is -3.80. The standard InChI is InChI=1S/C21H26Cl2N2O4S/c1-5-18(25(30(4,27)28)19-13-16(22)8-9-17(19)23)21(26)24-10-11-29-20-12-14(2)6-7-15(20)3/h6-9,12-13,18H,5,10-11H2,1-4H3,(H,24,26). The highest BCUT2D eigenvalue weighted by Crippen LogP contribution is 2.32. The van der Waals surface area contributed by atoms with Crippen LogP contribution >= 0.6 is 23.2 Å². The van der Waals surface area contributed by atoms with E-state index in [4.69, 9.17) is 27.9 Å². The van der Waals surface area contributed by atoms with Crippen LogP contribution in [0, 0.1) is 13.8 Å². The van der Waals surface area contributed by atoms with Gasteiger partial charge in [-0.3, -0.25) is 9.10 Å². The highest BCUT2D eigenvalue weighted by Gasteiger charge is 2.32. The molecule has 1 atom stereocenters. The van der Waals surface area contributed by atoms with Crippen molar-refractivity contribution >= 4 is 44.8 Å². The first-order valence-electron chi connectivity index (χ1n) is 9.46. The number of nitrogens with one attached hydrogen (secondary N) is 1. The zero-order valence-electron chi connectivity index (χ0n) is 17.4. The lowest BCUT2D eigenvalue weighted by Crippen LogP contribution is -2.50. The predicted octanol–water partition coefficient (Wildman–Crippen LogP) is 4.35. The van der Waals surface area contributed by atoms with Crippen molar-refractivity contribution in [2.75, 3.05) is 23.7 Å². The predicted molar refractivity (Wildman–Crippen MR) is 122 cm³/mol. The number of amides is 1. The number of hydrogen-bond acceptors (Lipinski definition) is 4. The maximum atomic E-state index is 12.8. The largest absolute Gasteiger partial charge is 0.491 e. The van der Waals surface area contributed by atoms with E-state index >= 15 is 0 Å². The summed E-state index contributed by atoms with van der Waals surface area (Å²) < 4.78 is 31.8. The Hall–Kier alpha value is -1.96. The summed E-state index contributed by atoms with van der Waals surface area (Å²) in [5.41, 5.74) is 2.24. The van der Waals surface area contributed by atoms with Crippen molar-refractivity contribution in [2.45, 2.75) is 33.2 Å². The van der Waals surface area contributed by atoms with E-state index in [9.17, 15) is 13.2 Å². The Morgan fingerprint density at radius 2 is 1.87 bits per heavy atom. The minimum atomic E-state index is -3.80. The molecule has 0 aliphatic heterocycles. The van der Waals surface area contributed by atoms with E-state index in [-0.39, 0.29) is 30.3 Å². The SMILES string of the molecule is CCC(C(=O)NCCOc1cc(C)ccc1C)N(c1cc(Cl)ccc1Cl)S(C)(=O)=O. The van der Waals surface area contributed by atoms with Gasteiger partial charge in [0.05, 0.1) is 23.5 Å². The first kappa shape index (κ1) is 24.3. The molecular weight excluding hydrogens is 447 g/mol. The molecule has 1 unspecified atom stereocenters. The van der Waals surface area contributed by atoms with E-state index in [1.54, 1.807) is 13.0 Å². The molecule has 1 N–H and O–H groups in total. The highest BCUT2D eigenvalue weighted by atomic mass is 35.5. The summed E-state index contributed by atoms with van der Waals surface area (Å²) in [5, 5.41) is 3.26. The number of nitrogens with zero attached hydrogens (tertiary/aromatic N) is 1. The molecule has 0 bridgehead atoms. The normalized spacial score (nSPS) is 12.3. The molecular formula is C21H26Cl2N2O4S. The number of anilines is 1. The maximum Gasteiger partial charge on any atom is 0.244 e. The van der Waals surface area contributed by atoms with Crippen molar-refractivity contribution < 1.29 is 17.9 Å². The molecule has 0 saturated heterocycles. The second-order valence-electron chi connectivity index (χ2n) is 6.99. The molecule has 0 saturated carbocycles. The number of rotatable bonds is 9. The third kappa shape index (κ3) is 6.27. The molecule has 2 rings (SSSR count). The van der Waals surface area contributed by atoms with Gasteiger partial charge in [-0.25, -0.2) is 8.42 Å².